The molecule has 1 heterocycles. The summed E-state index contributed by atoms with van der Waals surface area (Å²) in [7, 11) is 0. The summed E-state index contributed by atoms with van der Waals surface area (Å²) in [6.45, 7) is 0. The van der Waals surface area contributed by atoms with E-state index in [1.165, 1.54) is 29.5 Å². The Labute approximate surface area is 160 Å². The molecule has 0 amide bonds. The van der Waals surface area contributed by atoms with Crippen LogP contribution >= 0.6 is 11.3 Å². The quantitative estimate of drug-likeness (QED) is 0.697. The summed E-state index contributed by atoms with van der Waals surface area (Å²) >= 11 is 1.24. The topological polar surface area (TPSA) is 84.3 Å². The lowest BCUT2D eigenvalue weighted by Gasteiger charge is -2.12. The Kier molecular flexibility index (Phi) is 6.11. The third-order valence-electron chi connectivity index (χ3n) is 4.73. The lowest BCUT2D eigenvalue weighted by atomic mass is 9.91. The zero-order chi connectivity index (χ0) is 19.4. The number of rotatable bonds is 8. The molecule has 1 aromatic carbocycles. The molecule has 27 heavy (non-hydrogen) atoms. The monoisotopic (exact) mass is 389 g/mol. The Bertz CT molecular complexity index is 871. The van der Waals surface area contributed by atoms with Crippen LogP contribution in [0.2, 0.25) is 0 Å². The predicted octanol–water partition coefficient (Wildman–Crippen LogP) is 3.64. The number of halogens is 1. The van der Waals surface area contributed by atoms with Gasteiger partial charge in [0, 0.05) is 23.3 Å². The van der Waals surface area contributed by atoms with Crippen molar-refractivity contribution in [3.05, 3.63) is 51.2 Å². The van der Waals surface area contributed by atoms with Gasteiger partial charge in [0.25, 0.3) is 0 Å². The van der Waals surface area contributed by atoms with Gasteiger partial charge in [-0.2, -0.15) is 0 Å². The second-order valence-corrected chi connectivity index (χ2v) is 7.79. The highest BCUT2D eigenvalue weighted by Crippen LogP contribution is 2.29. The lowest BCUT2D eigenvalue weighted by molar-refractivity contribution is -0.136. The van der Waals surface area contributed by atoms with Gasteiger partial charge in [0.15, 0.2) is 5.78 Å². The van der Waals surface area contributed by atoms with Gasteiger partial charge in [-0.25, -0.2) is 9.37 Å². The summed E-state index contributed by atoms with van der Waals surface area (Å²) in [6.07, 6.45) is 3.55. The van der Waals surface area contributed by atoms with Crippen molar-refractivity contribution in [3.63, 3.8) is 0 Å². The van der Waals surface area contributed by atoms with Crippen molar-refractivity contribution in [1.29, 1.82) is 0 Å². The fourth-order valence-corrected chi connectivity index (χ4v) is 4.27. The summed E-state index contributed by atoms with van der Waals surface area (Å²) in [5, 5.41) is 11.0. The van der Waals surface area contributed by atoms with Crippen LogP contribution in [0.25, 0.3) is 0 Å². The molecular formula is C20H20FNO4S. The fraction of sp³-hybridized carbons (Fsp3) is 0.400. The van der Waals surface area contributed by atoms with Crippen molar-refractivity contribution in [2.45, 2.75) is 44.9 Å². The molecule has 0 atom stereocenters. The molecule has 0 unspecified atom stereocenters. The van der Waals surface area contributed by atoms with Crippen molar-refractivity contribution >= 4 is 28.9 Å². The summed E-state index contributed by atoms with van der Waals surface area (Å²) in [5.41, 5.74) is 1.27. The van der Waals surface area contributed by atoms with Crippen molar-refractivity contribution < 1.29 is 23.9 Å². The first-order valence-corrected chi connectivity index (χ1v) is 9.79. The number of hydrogen-bond acceptors (Lipinski definition) is 5. The van der Waals surface area contributed by atoms with E-state index in [0.717, 1.165) is 25.7 Å². The van der Waals surface area contributed by atoms with E-state index in [1.807, 2.05) is 0 Å². The molecule has 5 nitrogen and oxygen atoms in total. The highest BCUT2D eigenvalue weighted by atomic mass is 32.1. The van der Waals surface area contributed by atoms with Crippen molar-refractivity contribution in [2.75, 3.05) is 0 Å². The standard InChI is InChI=1S/C20H20FNO4S/c21-14-6-5-13(17(8-14)20(26)12-3-1-2-4-12)7-16(23)10-18-22-15(11-27-18)9-19(24)25/h5-6,8,11-12H,1-4,7,9-10H2,(H,24,25). The Hall–Kier alpha value is -2.41. The van der Waals surface area contributed by atoms with Crippen LogP contribution in [0.15, 0.2) is 23.6 Å². The van der Waals surface area contributed by atoms with E-state index >= 15 is 0 Å². The molecule has 1 aliphatic carbocycles. The summed E-state index contributed by atoms with van der Waals surface area (Å²) in [5.74, 6) is -1.75. The molecule has 1 fully saturated rings. The number of benzene rings is 1. The highest BCUT2D eigenvalue weighted by molar-refractivity contribution is 7.09. The van der Waals surface area contributed by atoms with Crippen molar-refractivity contribution in [3.8, 4) is 0 Å². The largest absolute Gasteiger partial charge is 0.481 e. The maximum absolute atomic E-state index is 13.7. The van der Waals surface area contributed by atoms with Crippen LogP contribution in [0.5, 0.6) is 0 Å². The number of carboxylic acid groups (broad SMARTS) is 1. The molecule has 1 aliphatic rings. The predicted molar refractivity (Wildman–Crippen MR) is 98.6 cm³/mol. The SMILES string of the molecule is O=C(O)Cc1csc(CC(=O)Cc2ccc(F)cc2C(=O)C2CCCC2)n1. The van der Waals surface area contributed by atoms with Gasteiger partial charge in [0.1, 0.15) is 16.6 Å². The van der Waals surface area contributed by atoms with Crippen LogP contribution in [-0.4, -0.2) is 27.6 Å². The molecule has 0 aliphatic heterocycles. The normalized spacial score (nSPS) is 14.4. The number of aliphatic carboxylic acids is 1. The van der Waals surface area contributed by atoms with Gasteiger partial charge in [-0.15, -0.1) is 11.3 Å². The van der Waals surface area contributed by atoms with Crippen LogP contribution in [0.3, 0.4) is 0 Å². The van der Waals surface area contributed by atoms with E-state index in [1.54, 1.807) is 5.38 Å². The average Bonchev–Trinajstić information content (AvgIpc) is 3.27. The van der Waals surface area contributed by atoms with E-state index in [4.69, 9.17) is 5.11 Å². The number of hydrogen-bond donors (Lipinski definition) is 1. The summed E-state index contributed by atoms with van der Waals surface area (Å²) < 4.78 is 13.7. The molecule has 3 rings (SSSR count). The number of carbonyl (C=O) groups is 3. The zero-order valence-electron chi connectivity index (χ0n) is 14.7. The second kappa shape index (κ2) is 8.52. The molecule has 1 saturated carbocycles. The Morgan fingerprint density at radius 2 is 1.89 bits per heavy atom. The first kappa shape index (κ1) is 19.4. The Morgan fingerprint density at radius 1 is 1.15 bits per heavy atom. The molecule has 0 saturated heterocycles. The van der Waals surface area contributed by atoms with E-state index < -0.39 is 11.8 Å². The Balaban J connectivity index is 1.71. The summed E-state index contributed by atoms with van der Waals surface area (Å²) in [4.78, 5) is 40.0. The maximum Gasteiger partial charge on any atom is 0.309 e. The summed E-state index contributed by atoms with van der Waals surface area (Å²) in [6, 6.07) is 4.01. The van der Waals surface area contributed by atoms with Crippen LogP contribution in [0.4, 0.5) is 4.39 Å². The van der Waals surface area contributed by atoms with Crippen LogP contribution < -0.4 is 0 Å². The second-order valence-electron chi connectivity index (χ2n) is 6.84. The first-order valence-electron chi connectivity index (χ1n) is 8.92. The van der Waals surface area contributed by atoms with Gasteiger partial charge >= 0.3 is 5.97 Å². The average molecular weight is 389 g/mol. The number of nitrogens with zero attached hydrogens (tertiary/aromatic N) is 1. The Morgan fingerprint density at radius 3 is 2.59 bits per heavy atom. The molecule has 142 valence electrons. The van der Waals surface area contributed by atoms with Crippen molar-refractivity contribution in [1.82, 2.24) is 4.98 Å². The van der Waals surface area contributed by atoms with Gasteiger partial charge in [-0.3, -0.25) is 14.4 Å². The lowest BCUT2D eigenvalue weighted by Crippen LogP contribution is -2.16. The number of Topliss-reactive ketones (excluding diaryl/α,β-unsaturated/α-hetero) is 2. The minimum Gasteiger partial charge on any atom is -0.481 e. The van der Waals surface area contributed by atoms with Gasteiger partial charge in [0.05, 0.1) is 18.5 Å². The highest BCUT2D eigenvalue weighted by Gasteiger charge is 2.26. The third-order valence-corrected chi connectivity index (χ3v) is 5.63. The minimum absolute atomic E-state index is 0.0297. The van der Waals surface area contributed by atoms with Crippen LogP contribution in [0.1, 0.15) is 52.3 Å². The number of carboxylic acids is 1. The van der Waals surface area contributed by atoms with Gasteiger partial charge in [0.2, 0.25) is 0 Å². The molecule has 0 bridgehead atoms. The molecule has 0 spiro atoms. The number of aromatic nitrogens is 1. The fourth-order valence-electron chi connectivity index (χ4n) is 3.45. The maximum atomic E-state index is 13.7. The van der Waals surface area contributed by atoms with Crippen molar-refractivity contribution in [2.24, 2.45) is 5.92 Å². The van der Waals surface area contributed by atoms with Gasteiger partial charge < -0.3 is 5.11 Å². The molecular weight excluding hydrogens is 369 g/mol. The third kappa shape index (κ3) is 5.07. The number of ketones is 2. The molecule has 1 N–H and O–H groups in total. The van der Waals surface area contributed by atoms with E-state index in [0.29, 0.717) is 21.8 Å². The molecule has 1 aromatic heterocycles. The minimum atomic E-state index is -0.973. The molecule has 2 aromatic rings. The van der Waals surface area contributed by atoms with E-state index in [2.05, 4.69) is 4.98 Å². The van der Waals surface area contributed by atoms with Crippen LogP contribution in [0, 0.1) is 11.7 Å². The smallest absolute Gasteiger partial charge is 0.309 e. The number of thiazole rings is 1. The number of carbonyl (C=O) groups excluding carboxylic acids is 2. The first-order chi connectivity index (χ1) is 12.9. The molecule has 7 heteroatoms. The molecule has 0 radical (unpaired) electrons. The zero-order valence-corrected chi connectivity index (χ0v) is 15.6. The van der Waals surface area contributed by atoms with E-state index in [-0.39, 0.29) is 36.7 Å². The van der Waals surface area contributed by atoms with Gasteiger partial charge in [-0.1, -0.05) is 18.9 Å². The van der Waals surface area contributed by atoms with Gasteiger partial charge in [-0.05, 0) is 30.5 Å². The van der Waals surface area contributed by atoms with E-state index in [9.17, 15) is 18.8 Å². The van der Waals surface area contributed by atoms with Crippen LogP contribution in [-0.2, 0) is 28.9 Å².